The average Bonchev–Trinajstić information content (AvgIpc) is 3.51. The first-order valence-corrected chi connectivity index (χ1v) is 23.5. The molecule has 6 rings (SSSR count). The highest BCUT2D eigenvalue weighted by Gasteiger charge is 2.52. The summed E-state index contributed by atoms with van der Waals surface area (Å²) in [5.74, 6) is -0.327. The lowest BCUT2D eigenvalue weighted by Gasteiger charge is -2.42. The summed E-state index contributed by atoms with van der Waals surface area (Å²) in [6.07, 6.45) is 2.68. The van der Waals surface area contributed by atoms with Gasteiger partial charge in [0, 0.05) is 26.2 Å². The number of halogens is 1. The van der Waals surface area contributed by atoms with E-state index in [1.807, 2.05) is 106 Å². The Morgan fingerprint density at radius 3 is 2.18 bits per heavy atom. The number of aromatic nitrogens is 2. The van der Waals surface area contributed by atoms with Gasteiger partial charge in [-0.3, -0.25) is 14.2 Å². The van der Waals surface area contributed by atoms with Crippen LogP contribution in [-0.2, 0) is 37.7 Å². The topological polar surface area (TPSA) is 109 Å². The third kappa shape index (κ3) is 8.78. The van der Waals surface area contributed by atoms with Gasteiger partial charge in [-0.15, -0.1) is 11.3 Å². The molecule has 0 amide bonds. The van der Waals surface area contributed by atoms with Gasteiger partial charge in [0.1, 0.15) is 16.5 Å². The number of ether oxygens (including phenoxy) is 3. The van der Waals surface area contributed by atoms with Crippen molar-refractivity contribution in [3.8, 4) is 0 Å². The molecule has 1 atom stereocenters. The molecule has 5 aromatic rings. The van der Waals surface area contributed by atoms with Crippen molar-refractivity contribution in [3.05, 3.63) is 126 Å². The standard InChI is InChI=1S/C45H55BrN2O7SSi/c1-7-8-25-54-30-32-17-15-16-22-36(32)37(55-33-23-26-53-27-24-33)29-47-42-39(31(2)40(46)56-42)41(50)48(43(47)51)45(5,6)38(49)28-44(3,4)57(52,34-18-11-9-12-19-34)35-20-13-10-14-21-35/h9-22,33,37,52H,7-8,23-30H2,1-6H3/t37-/m0/s1. The van der Waals surface area contributed by atoms with Gasteiger partial charge in [0.15, 0.2) is 5.78 Å². The Hall–Kier alpha value is -3.49. The fourth-order valence-electron chi connectivity index (χ4n) is 7.98. The number of Topliss-reactive ketones (excluding diaryl/α,β-unsaturated/α-hetero) is 1. The van der Waals surface area contributed by atoms with Crippen molar-refractivity contribution < 1.29 is 23.8 Å². The zero-order valence-electron chi connectivity index (χ0n) is 33.9. The van der Waals surface area contributed by atoms with Crippen LogP contribution in [0.25, 0.3) is 10.2 Å². The minimum absolute atomic E-state index is 0.0797. The van der Waals surface area contributed by atoms with Gasteiger partial charge >= 0.3 is 5.69 Å². The molecule has 1 aliphatic rings. The first-order valence-electron chi connectivity index (χ1n) is 19.9. The molecule has 0 saturated carbocycles. The van der Waals surface area contributed by atoms with E-state index >= 15 is 4.79 Å². The van der Waals surface area contributed by atoms with Crippen LogP contribution in [0.2, 0.25) is 5.04 Å². The second-order valence-electron chi connectivity index (χ2n) is 16.2. The van der Waals surface area contributed by atoms with Crippen LogP contribution in [0.3, 0.4) is 0 Å². The van der Waals surface area contributed by atoms with Gasteiger partial charge < -0.3 is 19.0 Å². The molecule has 2 aromatic heterocycles. The fourth-order valence-corrected chi connectivity index (χ4v) is 13.3. The van der Waals surface area contributed by atoms with Crippen LogP contribution in [0.1, 0.15) is 89.5 Å². The van der Waals surface area contributed by atoms with Gasteiger partial charge in [0.2, 0.25) is 0 Å². The molecule has 3 aromatic carbocycles. The molecule has 3 heterocycles. The van der Waals surface area contributed by atoms with Crippen LogP contribution in [-0.4, -0.2) is 54.0 Å². The molecular formula is C45H55BrN2O7SSi. The largest absolute Gasteiger partial charge is 0.424 e. The number of hydrogen-bond acceptors (Lipinski definition) is 8. The van der Waals surface area contributed by atoms with Gasteiger partial charge in [-0.2, -0.15) is 0 Å². The van der Waals surface area contributed by atoms with Crippen LogP contribution < -0.4 is 21.6 Å². The van der Waals surface area contributed by atoms with Crippen molar-refractivity contribution in [3.63, 3.8) is 0 Å². The number of fused-ring (bicyclic) bond motifs is 1. The summed E-state index contributed by atoms with van der Waals surface area (Å²) in [6.45, 7) is 13.4. The number of carbonyl (C=O) groups is 1. The molecule has 0 aliphatic carbocycles. The molecule has 0 spiro atoms. The Kier molecular flexibility index (Phi) is 13.8. The lowest BCUT2D eigenvalue weighted by molar-refractivity contribution is -0.127. The van der Waals surface area contributed by atoms with E-state index < -0.39 is 36.2 Å². The van der Waals surface area contributed by atoms with E-state index in [4.69, 9.17) is 14.2 Å². The minimum atomic E-state index is -3.59. The molecule has 1 aliphatic heterocycles. The van der Waals surface area contributed by atoms with Gasteiger partial charge in [-0.05, 0) is 88.1 Å². The van der Waals surface area contributed by atoms with Crippen molar-refractivity contribution in [1.29, 1.82) is 0 Å². The molecule has 1 saturated heterocycles. The number of ketones is 1. The number of unbranched alkanes of at least 4 members (excludes halogenated alkanes) is 1. The normalized spacial score (nSPS) is 14.9. The van der Waals surface area contributed by atoms with Crippen molar-refractivity contribution in [1.82, 2.24) is 9.13 Å². The van der Waals surface area contributed by atoms with Crippen LogP contribution in [0.15, 0.2) is 98.3 Å². The van der Waals surface area contributed by atoms with Gasteiger partial charge in [0.05, 0.1) is 28.4 Å². The molecule has 0 unspecified atom stereocenters. The Morgan fingerprint density at radius 2 is 1.56 bits per heavy atom. The van der Waals surface area contributed by atoms with E-state index in [-0.39, 0.29) is 24.9 Å². The van der Waals surface area contributed by atoms with Crippen molar-refractivity contribution in [2.75, 3.05) is 19.8 Å². The predicted molar refractivity (Wildman–Crippen MR) is 235 cm³/mol. The third-order valence-corrected chi connectivity index (χ3v) is 18.2. The van der Waals surface area contributed by atoms with E-state index in [0.717, 1.165) is 55.5 Å². The monoisotopic (exact) mass is 874 g/mol. The fraction of sp³-hybridized carbons (Fsp3) is 0.444. The van der Waals surface area contributed by atoms with Gasteiger partial charge in [-0.1, -0.05) is 112 Å². The number of rotatable bonds is 17. The smallest absolute Gasteiger partial charge is 0.333 e. The third-order valence-electron chi connectivity index (χ3n) is 11.5. The summed E-state index contributed by atoms with van der Waals surface area (Å²) in [4.78, 5) is 58.0. The molecule has 0 radical (unpaired) electrons. The van der Waals surface area contributed by atoms with Crippen molar-refractivity contribution >= 4 is 62.0 Å². The van der Waals surface area contributed by atoms with Gasteiger partial charge in [-0.25, -0.2) is 9.36 Å². The second-order valence-corrected chi connectivity index (χ2v) is 22.5. The molecule has 304 valence electrons. The average molecular weight is 876 g/mol. The number of hydrogen-bond donors (Lipinski definition) is 1. The number of carbonyl (C=O) groups excluding carboxylic acids is 1. The van der Waals surface area contributed by atoms with Crippen molar-refractivity contribution in [2.45, 2.75) is 110 Å². The highest BCUT2D eigenvalue weighted by molar-refractivity contribution is 9.11. The molecule has 57 heavy (non-hydrogen) atoms. The molecule has 1 fully saturated rings. The predicted octanol–water partition coefficient (Wildman–Crippen LogP) is 7.78. The maximum absolute atomic E-state index is 15.1. The van der Waals surface area contributed by atoms with E-state index in [2.05, 4.69) is 22.9 Å². The molecule has 9 nitrogen and oxygen atoms in total. The van der Waals surface area contributed by atoms with Crippen LogP contribution >= 0.6 is 27.3 Å². The highest BCUT2D eigenvalue weighted by atomic mass is 79.9. The van der Waals surface area contributed by atoms with E-state index in [0.29, 0.717) is 42.2 Å². The van der Waals surface area contributed by atoms with Crippen LogP contribution in [0, 0.1) is 6.92 Å². The van der Waals surface area contributed by atoms with E-state index in [9.17, 15) is 14.4 Å². The molecule has 0 bridgehead atoms. The number of benzene rings is 3. The zero-order chi connectivity index (χ0) is 41.0. The number of aryl methyl sites for hydroxylation is 1. The first kappa shape index (κ1) is 43.1. The summed E-state index contributed by atoms with van der Waals surface area (Å²) < 4.78 is 22.1. The summed E-state index contributed by atoms with van der Waals surface area (Å²) in [5, 5.41) is 0.993. The maximum atomic E-state index is 15.1. The summed E-state index contributed by atoms with van der Waals surface area (Å²) in [5.41, 5.74) is -0.104. The van der Waals surface area contributed by atoms with Crippen molar-refractivity contribution in [2.24, 2.45) is 0 Å². The zero-order valence-corrected chi connectivity index (χ0v) is 37.3. The summed E-state index contributed by atoms with van der Waals surface area (Å²) in [6, 6.07) is 27.1. The molecule has 12 heteroatoms. The van der Waals surface area contributed by atoms with Crippen LogP contribution in [0.5, 0.6) is 0 Å². The quantitative estimate of drug-likeness (QED) is 0.0752. The second kappa shape index (κ2) is 18.2. The summed E-state index contributed by atoms with van der Waals surface area (Å²) >= 11 is 4.99. The Morgan fingerprint density at radius 1 is 0.965 bits per heavy atom. The van der Waals surface area contributed by atoms with Crippen LogP contribution in [0.4, 0.5) is 0 Å². The lowest BCUT2D eigenvalue weighted by atomic mass is 9.91. The van der Waals surface area contributed by atoms with Gasteiger partial charge in [0.25, 0.3) is 13.9 Å². The number of nitrogens with zero attached hydrogens (tertiary/aromatic N) is 2. The molecular weight excluding hydrogens is 821 g/mol. The van der Waals surface area contributed by atoms with E-state index in [1.54, 1.807) is 18.4 Å². The Bertz CT molecular complexity index is 2240. The summed E-state index contributed by atoms with van der Waals surface area (Å²) in [7, 11) is -3.59. The van der Waals surface area contributed by atoms with E-state index in [1.165, 1.54) is 11.3 Å². The lowest BCUT2D eigenvalue weighted by Crippen LogP contribution is -2.66. The number of thiophene rings is 1. The highest BCUT2D eigenvalue weighted by Crippen LogP contribution is 2.41. The first-order chi connectivity index (χ1) is 27.2. The minimum Gasteiger partial charge on any atom is -0.424 e. The Balaban J connectivity index is 1.45. The maximum Gasteiger partial charge on any atom is 0.333 e. The SMILES string of the molecule is CCCCOCc1ccccc1[C@H](Cn1c(=O)n(C(C)(C)C(=O)CC(C)(C)[Si](O)(c2ccccc2)c2ccccc2)c(=O)c2c(C)c(Br)sc21)OC1CCOCC1. The Labute approximate surface area is 348 Å². The molecule has 1 N–H and O–H groups in total.